The van der Waals surface area contributed by atoms with Crippen molar-refractivity contribution in [2.45, 2.75) is 46.2 Å². The first kappa shape index (κ1) is 16.8. The summed E-state index contributed by atoms with van der Waals surface area (Å²) < 4.78 is 0. The van der Waals surface area contributed by atoms with Gasteiger partial charge in [0.15, 0.2) is 5.96 Å². The molecule has 22 heavy (non-hydrogen) atoms. The lowest BCUT2D eigenvalue weighted by Crippen LogP contribution is -2.37. The van der Waals surface area contributed by atoms with Gasteiger partial charge in [0.05, 0.1) is 6.54 Å². The zero-order valence-corrected chi connectivity index (χ0v) is 14.0. The SMILES string of the molecule is CCN(CC)Cc1ccc(CN=C(N)NCC2CCC2)cc1. The third kappa shape index (κ3) is 5.34. The number of hydrogen-bond donors (Lipinski definition) is 2. The molecule has 1 saturated carbocycles. The summed E-state index contributed by atoms with van der Waals surface area (Å²) in [6, 6.07) is 8.70. The van der Waals surface area contributed by atoms with E-state index in [0.717, 1.165) is 32.1 Å². The second kappa shape index (κ2) is 8.79. The molecule has 0 radical (unpaired) electrons. The van der Waals surface area contributed by atoms with Crippen molar-refractivity contribution in [2.24, 2.45) is 16.6 Å². The van der Waals surface area contributed by atoms with E-state index in [9.17, 15) is 0 Å². The van der Waals surface area contributed by atoms with Gasteiger partial charge in [0, 0.05) is 13.1 Å². The zero-order chi connectivity index (χ0) is 15.8. The van der Waals surface area contributed by atoms with Crippen LogP contribution in [0.4, 0.5) is 0 Å². The Balaban J connectivity index is 1.77. The van der Waals surface area contributed by atoms with E-state index in [2.05, 4.69) is 53.3 Å². The highest BCUT2D eigenvalue weighted by atomic mass is 15.1. The minimum absolute atomic E-state index is 0.569. The number of benzene rings is 1. The van der Waals surface area contributed by atoms with Gasteiger partial charge < -0.3 is 11.1 Å². The number of hydrogen-bond acceptors (Lipinski definition) is 2. The summed E-state index contributed by atoms with van der Waals surface area (Å²) in [5.74, 6) is 1.37. The number of rotatable bonds is 8. The minimum Gasteiger partial charge on any atom is -0.370 e. The van der Waals surface area contributed by atoms with Crippen molar-refractivity contribution in [3.8, 4) is 0 Å². The summed E-state index contributed by atoms with van der Waals surface area (Å²) in [7, 11) is 0. The van der Waals surface area contributed by atoms with Crippen LogP contribution in [0.15, 0.2) is 29.3 Å². The molecule has 4 nitrogen and oxygen atoms in total. The van der Waals surface area contributed by atoms with E-state index >= 15 is 0 Å². The topological polar surface area (TPSA) is 53.6 Å². The number of nitrogens with one attached hydrogen (secondary N) is 1. The molecule has 0 unspecified atom stereocenters. The molecule has 3 N–H and O–H groups in total. The van der Waals surface area contributed by atoms with Crippen LogP contribution in [-0.2, 0) is 13.1 Å². The van der Waals surface area contributed by atoms with Gasteiger partial charge in [-0.1, -0.05) is 44.5 Å². The standard InChI is InChI=1S/C18H30N4/c1-3-22(4-2)14-17-10-8-16(9-11-17)13-21-18(19)20-12-15-6-5-7-15/h8-11,15H,3-7,12-14H2,1-2H3,(H3,19,20,21). The van der Waals surface area contributed by atoms with Gasteiger partial charge in [-0.05, 0) is 43.0 Å². The van der Waals surface area contributed by atoms with Crippen molar-refractivity contribution in [1.29, 1.82) is 0 Å². The van der Waals surface area contributed by atoms with Crippen LogP contribution in [-0.4, -0.2) is 30.5 Å². The lowest BCUT2D eigenvalue weighted by molar-refractivity contribution is 0.296. The Morgan fingerprint density at radius 1 is 1.18 bits per heavy atom. The van der Waals surface area contributed by atoms with Gasteiger partial charge in [0.2, 0.25) is 0 Å². The highest BCUT2D eigenvalue weighted by Gasteiger charge is 2.16. The summed E-state index contributed by atoms with van der Waals surface area (Å²) >= 11 is 0. The lowest BCUT2D eigenvalue weighted by atomic mass is 9.85. The molecule has 0 aliphatic heterocycles. The molecule has 0 amide bonds. The highest BCUT2D eigenvalue weighted by molar-refractivity contribution is 5.77. The third-order valence-corrected chi connectivity index (χ3v) is 4.55. The minimum atomic E-state index is 0.569. The molecule has 1 aliphatic rings. The van der Waals surface area contributed by atoms with Crippen molar-refractivity contribution < 1.29 is 0 Å². The maximum Gasteiger partial charge on any atom is 0.188 e. The quantitative estimate of drug-likeness (QED) is 0.573. The molecule has 1 aliphatic carbocycles. The van der Waals surface area contributed by atoms with Crippen LogP contribution in [0.1, 0.15) is 44.2 Å². The van der Waals surface area contributed by atoms with Crippen LogP contribution in [0, 0.1) is 5.92 Å². The molecule has 122 valence electrons. The van der Waals surface area contributed by atoms with E-state index < -0.39 is 0 Å². The molecule has 1 fully saturated rings. The summed E-state index contributed by atoms with van der Waals surface area (Å²) in [5.41, 5.74) is 8.47. The first-order valence-corrected chi connectivity index (χ1v) is 8.55. The van der Waals surface area contributed by atoms with Crippen LogP contribution >= 0.6 is 0 Å². The summed E-state index contributed by atoms with van der Waals surface area (Å²) in [6.07, 6.45) is 4.02. The Morgan fingerprint density at radius 2 is 1.82 bits per heavy atom. The molecule has 0 atom stereocenters. The molecule has 1 aromatic rings. The molecular weight excluding hydrogens is 272 g/mol. The second-order valence-corrected chi connectivity index (χ2v) is 6.16. The monoisotopic (exact) mass is 302 g/mol. The molecule has 1 aromatic carbocycles. The second-order valence-electron chi connectivity index (χ2n) is 6.16. The molecule has 4 heteroatoms. The van der Waals surface area contributed by atoms with Gasteiger partial charge in [-0.2, -0.15) is 0 Å². The predicted octanol–water partition coefficient (Wildman–Crippen LogP) is 2.73. The number of aliphatic imine (C=N–C) groups is 1. The van der Waals surface area contributed by atoms with Crippen molar-refractivity contribution in [3.63, 3.8) is 0 Å². The van der Waals surface area contributed by atoms with E-state index in [1.807, 2.05) is 0 Å². The smallest absolute Gasteiger partial charge is 0.188 e. The van der Waals surface area contributed by atoms with Crippen LogP contribution in [0.3, 0.4) is 0 Å². The Labute approximate surface area is 134 Å². The fourth-order valence-electron chi connectivity index (χ4n) is 2.63. The molecule has 0 aromatic heterocycles. The van der Waals surface area contributed by atoms with E-state index in [1.54, 1.807) is 0 Å². The molecular formula is C18H30N4. The summed E-state index contributed by atoms with van der Waals surface area (Å²) in [4.78, 5) is 6.83. The molecule has 0 heterocycles. The highest BCUT2D eigenvalue weighted by Crippen LogP contribution is 2.24. The average molecular weight is 302 g/mol. The molecule has 2 rings (SSSR count). The van der Waals surface area contributed by atoms with Gasteiger partial charge in [-0.25, -0.2) is 4.99 Å². The molecule has 0 saturated heterocycles. The number of nitrogens with zero attached hydrogens (tertiary/aromatic N) is 2. The van der Waals surface area contributed by atoms with Crippen molar-refractivity contribution >= 4 is 5.96 Å². The van der Waals surface area contributed by atoms with Gasteiger partial charge >= 0.3 is 0 Å². The van der Waals surface area contributed by atoms with Crippen LogP contribution in [0.5, 0.6) is 0 Å². The van der Waals surface area contributed by atoms with Crippen molar-refractivity contribution in [1.82, 2.24) is 10.2 Å². The number of nitrogens with two attached hydrogens (primary N) is 1. The summed E-state index contributed by atoms with van der Waals surface area (Å²) in [5, 5.41) is 3.23. The molecule has 0 spiro atoms. The predicted molar refractivity (Wildman–Crippen MR) is 93.7 cm³/mol. The Bertz CT molecular complexity index is 458. The van der Waals surface area contributed by atoms with Gasteiger partial charge in [0.25, 0.3) is 0 Å². The Kier molecular flexibility index (Phi) is 6.72. The van der Waals surface area contributed by atoms with E-state index in [1.165, 1.54) is 30.4 Å². The van der Waals surface area contributed by atoms with Crippen molar-refractivity contribution in [3.05, 3.63) is 35.4 Å². The Hall–Kier alpha value is -1.55. The third-order valence-electron chi connectivity index (χ3n) is 4.55. The lowest BCUT2D eigenvalue weighted by Gasteiger charge is -2.25. The Morgan fingerprint density at radius 3 is 2.36 bits per heavy atom. The van der Waals surface area contributed by atoms with Gasteiger partial charge in [0.1, 0.15) is 0 Å². The van der Waals surface area contributed by atoms with Crippen molar-refractivity contribution in [2.75, 3.05) is 19.6 Å². The maximum atomic E-state index is 5.91. The van der Waals surface area contributed by atoms with E-state index in [0.29, 0.717) is 12.5 Å². The number of guanidine groups is 1. The van der Waals surface area contributed by atoms with Gasteiger partial charge in [-0.15, -0.1) is 0 Å². The largest absolute Gasteiger partial charge is 0.370 e. The van der Waals surface area contributed by atoms with Crippen LogP contribution < -0.4 is 11.1 Å². The van der Waals surface area contributed by atoms with E-state index in [-0.39, 0.29) is 0 Å². The summed E-state index contributed by atoms with van der Waals surface area (Å²) in [6.45, 7) is 9.21. The fourth-order valence-corrected chi connectivity index (χ4v) is 2.63. The maximum absolute atomic E-state index is 5.91. The van der Waals surface area contributed by atoms with Gasteiger partial charge in [-0.3, -0.25) is 4.90 Å². The molecule has 0 bridgehead atoms. The normalized spacial score (nSPS) is 15.9. The van der Waals surface area contributed by atoms with E-state index in [4.69, 9.17) is 5.73 Å². The van der Waals surface area contributed by atoms with Crippen LogP contribution in [0.2, 0.25) is 0 Å². The zero-order valence-electron chi connectivity index (χ0n) is 14.0. The average Bonchev–Trinajstić information content (AvgIpc) is 2.50. The first-order valence-electron chi connectivity index (χ1n) is 8.55. The van der Waals surface area contributed by atoms with Crippen LogP contribution in [0.25, 0.3) is 0 Å². The first-order chi connectivity index (χ1) is 10.7. The fraction of sp³-hybridized carbons (Fsp3) is 0.611.